The highest BCUT2D eigenvalue weighted by Crippen LogP contribution is 2.22. The molecule has 0 N–H and O–H groups in total. The van der Waals surface area contributed by atoms with Crippen molar-refractivity contribution in [3.05, 3.63) is 35.8 Å². The molecule has 2 rings (SSSR count). The Labute approximate surface area is 104 Å². The van der Waals surface area contributed by atoms with Gasteiger partial charge in [-0.2, -0.15) is 13.2 Å². The van der Waals surface area contributed by atoms with Crippen molar-refractivity contribution < 1.29 is 31.5 Å². The molecule has 0 saturated heterocycles. The first kappa shape index (κ1) is 13.5. The van der Waals surface area contributed by atoms with Crippen LogP contribution in [0.4, 0.5) is 17.6 Å². The molecule has 0 bridgehead atoms. The van der Waals surface area contributed by atoms with Crippen molar-refractivity contribution in [1.82, 2.24) is 0 Å². The first-order chi connectivity index (χ1) is 8.87. The van der Waals surface area contributed by atoms with Gasteiger partial charge in [-0.15, -0.1) is 0 Å². The summed E-state index contributed by atoms with van der Waals surface area (Å²) in [5, 5.41) is 0.360. The third-order valence-corrected chi connectivity index (χ3v) is 2.27. The minimum atomic E-state index is -4.50. The van der Waals surface area contributed by atoms with Crippen molar-refractivity contribution >= 4 is 16.8 Å². The van der Waals surface area contributed by atoms with Gasteiger partial charge in [-0.25, -0.2) is 4.39 Å². The minimum Gasteiger partial charge on any atom is -0.450 e. The number of carbonyl (C=O) groups excluding carboxylic acids is 1. The molecule has 0 aliphatic heterocycles. The van der Waals surface area contributed by atoms with Crippen LogP contribution in [0.25, 0.3) is 11.0 Å². The Morgan fingerprint density at radius 2 is 2.05 bits per heavy atom. The minimum absolute atomic E-state index is 0.110. The van der Waals surface area contributed by atoms with Crippen molar-refractivity contribution in [2.45, 2.75) is 6.18 Å². The van der Waals surface area contributed by atoms with Gasteiger partial charge in [0.15, 0.2) is 17.2 Å². The number of rotatable bonds is 4. The van der Waals surface area contributed by atoms with E-state index < -0.39 is 31.0 Å². The maximum absolute atomic E-state index is 13.3. The highest BCUT2D eigenvalue weighted by Gasteiger charge is 2.28. The molecule has 3 nitrogen and oxygen atoms in total. The summed E-state index contributed by atoms with van der Waals surface area (Å²) in [5.74, 6) is -1.66. The van der Waals surface area contributed by atoms with E-state index in [-0.39, 0.29) is 11.3 Å². The van der Waals surface area contributed by atoms with E-state index in [4.69, 9.17) is 4.42 Å². The molecule has 0 fully saturated rings. The molecular formula is C12H8F4O3. The van der Waals surface area contributed by atoms with Crippen LogP contribution in [0, 0.1) is 5.82 Å². The molecule has 7 heteroatoms. The van der Waals surface area contributed by atoms with Gasteiger partial charge in [-0.05, 0) is 12.1 Å². The van der Waals surface area contributed by atoms with Crippen molar-refractivity contribution in [3.63, 3.8) is 0 Å². The van der Waals surface area contributed by atoms with Crippen LogP contribution < -0.4 is 0 Å². The van der Waals surface area contributed by atoms with Crippen LogP contribution in [0.3, 0.4) is 0 Å². The molecule has 0 spiro atoms. The predicted molar refractivity (Wildman–Crippen MR) is 57.4 cm³/mol. The second-order valence-electron chi connectivity index (χ2n) is 3.80. The van der Waals surface area contributed by atoms with Gasteiger partial charge in [-0.3, -0.25) is 4.79 Å². The molecule has 0 saturated carbocycles. The van der Waals surface area contributed by atoms with Gasteiger partial charge in [0, 0.05) is 5.39 Å². The van der Waals surface area contributed by atoms with Crippen molar-refractivity contribution in [2.75, 3.05) is 13.2 Å². The summed E-state index contributed by atoms with van der Waals surface area (Å²) < 4.78 is 57.9. The lowest BCUT2D eigenvalue weighted by atomic mass is 10.2. The van der Waals surface area contributed by atoms with Gasteiger partial charge < -0.3 is 9.15 Å². The van der Waals surface area contributed by atoms with Crippen LogP contribution >= 0.6 is 0 Å². The fourth-order valence-electron chi connectivity index (χ4n) is 1.50. The summed E-state index contributed by atoms with van der Waals surface area (Å²) in [6, 6.07) is 5.37. The van der Waals surface area contributed by atoms with E-state index in [2.05, 4.69) is 4.74 Å². The Bertz CT molecular complexity index is 601. The molecule has 0 unspecified atom stereocenters. The van der Waals surface area contributed by atoms with E-state index in [1.807, 2.05) is 0 Å². The van der Waals surface area contributed by atoms with Gasteiger partial charge in [0.25, 0.3) is 0 Å². The zero-order valence-corrected chi connectivity index (χ0v) is 9.46. The molecule has 1 aromatic heterocycles. The molecule has 1 heterocycles. The molecule has 2 aromatic rings. The lowest BCUT2D eigenvalue weighted by Crippen LogP contribution is -2.20. The zero-order chi connectivity index (χ0) is 14.0. The molecule has 1 aromatic carbocycles. The van der Waals surface area contributed by atoms with Gasteiger partial charge >= 0.3 is 6.18 Å². The first-order valence-electron chi connectivity index (χ1n) is 5.22. The number of para-hydroxylation sites is 1. The second-order valence-corrected chi connectivity index (χ2v) is 3.80. The monoisotopic (exact) mass is 276 g/mol. The summed E-state index contributed by atoms with van der Waals surface area (Å²) in [6.45, 7) is -2.30. The lowest BCUT2D eigenvalue weighted by Gasteiger charge is -2.05. The highest BCUT2D eigenvalue weighted by molar-refractivity contribution is 5.98. The van der Waals surface area contributed by atoms with Crippen molar-refractivity contribution in [1.29, 1.82) is 0 Å². The Hall–Kier alpha value is -1.89. The molecule has 0 aliphatic rings. The number of benzene rings is 1. The van der Waals surface area contributed by atoms with E-state index in [0.29, 0.717) is 5.39 Å². The molecule has 0 atom stereocenters. The number of carbonyl (C=O) groups is 1. The van der Waals surface area contributed by atoms with Crippen LogP contribution in [0.15, 0.2) is 28.7 Å². The third kappa shape index (κ3) is 3.31. The average molecular weight is 276 g/mol. The summed E-state index contributed by atoms with van der Waals surface area (Å²) in [5.41, 5.74) is -0.110. The van der Waals surface area contributed by atoms with E-state index >= 15 is 0 Å². The summed E-state index contributed by atoms with van der Waals surface area (Å²) >= 11 is 0. The maximum atomic E-state index is 13.3. The molecule has 0 aliphatic carbocycles. The fraction of sp³-hybridized carbons (Fsp3) is 0.250. The quantitative estimate of drug-likeness (QED) is 0.635. The number of fused-ring (bicyclic) bond motifs is 1. The van der Waals surface area contributed by atoms with E-state index in [0.717, 1.165) is 6.07 Å². The van der Waals surface area contributed by atoms with Gasteiger partial charge in [0.05, 0.1) is 0 Å². The number of hydrogen-bond acceptors (Lipinski definition) is 3. The number of hydrogen-bond donors (Lipinski definition) is 0. The summed E-state index contributed by atoms with van der Waals surface area (Å²) in [7, 11) is 0. The summed E-state index contributed by atoms with van der Waals surface area (Å²) in [4.78, 5) is 11.5. The van der Waals surface area contributed by atoms with Crippen LogP contribution in [0.2, 0.25) is 0 Å². The van der Waals surface area contributed by atoms with Gasteiger partial charge in [0.1, 0.15) is 13.2 Å². The SMILES string of the molecule is O=C(COCC(F)(F)F)c1cc2cccc(F)c2o1. The van der Waals surface area contributed by atoms with Crippen molar-refractivity contribution in [2.24, 2.45) is 0 Å². The largest absolute Gasteiger partial charge is 0.450 e. The number of ether oxygens (including phenoxy) is 1. The van der Waals surface area contributed by atoms with Crippen LogP contribution in [-0.2, 0) is 4.74 Å². The number of alkyl halides is 3. The van der Waals surface area contributed by atoms with E-state index in [9.17, 15) is 22.4 Å². The zero-order valence-electron chi connectivity index (χ0n) is 9.46. The molecular weight excluding hydrogens is 268 g/mol. The topological polar surface area (TPSA) is 39.4 Å². The Morgan fingerprint density at radius 1 is 1.32 bits per heavy atom. The number of Topliss-reactive ketones (excluding diaryl/α,β-unsaturated/α-hetero) is 1. The van der Waals surface area contributed by atoms with Crippen LogP contribution in [0.5, 0.6) is 0 Å². The molecule has 19 heavy (non-hydrogen) atoms. The van der Waals surface area contributed by atoms with Crippen LogP contribution in [0.1, 0.15) is 10.6 Å². The maximum Gasteiger partial charge on any atom is 0.411 e. The molecule has 0 amide bonds. The Kier molecular flexibility index (Phi) is 3.57. The van der Waals surface area contributed by atoms with Gasteiger partial charge in [0.2, 0.25) is 5.78 Å². The van der Waals surface area contributed by atoms with Crippen molar-refractivity contribution in [3.8, 4) is 0 Å². The lowest BCUT2D eigenvalue weighted by molar-refractivity contribution is -0.171. The standard InChI is InChI=1S/C12H8F4O3/c13-8-3-1-2-7-4-10(19-11(7)8)9(17)5-18-6-12(14,15)16/h1-4H,5-6H2. The number of halogens is 4. The number of furan rings is 1. The average Bonchev–Trinajstić information content (AvgIpc) is 2.72. The smallest absolute Gasteiger partial charge is 0.411 e. The fourth-order valence-corrected chi connectivity index (χ4v) is 1.50. The summed E-state index contributed by atoms with van der Waals surface area (Å²) in [6.07, 6.45) is -4.50. The Balaban J connectivity index is 2.08. The predicted octanol–water partition coefficient (Wildman–Crippen LogP) is 3.33. The Morgan fingerprint density at radius 3 is 2.68 bits per heavy atom. The normalized spacial score (nSPS) is 12.0. The van der Waals surface area contributed by atoms with Crippen LogP contribution in [-0.4, -0.2) is 25.2 Å². The first-order valence-corrected chi connectivity index (χ1v) is 5.22. The third-order valence-electron chi connectivity index (χ3n) is 2.27. The molecule has 0 radical (unpaired) electrons. The highest BCUT2D eigenvalue weighted by atomic mass is 19.4. The second kappa shape index (κ2) is 5.00. The van der Waals surface area contributed by atoms with E-state index in [1.165, 1.54) is 18.2 Å². The van der Waals surface area contributed by atoms with Gasteiger partial charge in [-0.1, -0.05) is 12.1 Å². The number of ketones is 1. The van der Waals surface area contributed by atoms with E-state index in [1.54, 1.807) is 0 Å². The molecule has 102 valence electrons.